The van der Waals surface area contributed by atoms with Crippen LogP contribution in [0.1, 0.15) is 20.3 Å². The smallest absolute Gasteiger partial charge is 0.0365 e. The number of allylic oxidation sites excluding steroid dienone is 2. The molecule has 16 heavy (non-hydrogen) atoms. The fourth-order valence-corrected chi connectivity index (χ4v) is 1.57. The summed E-state index contributed by atoms with van der Waals surface area (Å²) in [6.45, 7) is 9.13. The quantitative estimate of drug-likeness (QED) is 0.699. The van der Waals surface area contributed by atoms with Gasteiger partial charge in [-0.15, -0.1) is 0 Å². The van der Waals surface area contributed by atoms with Crippen molar-refractivity contribution in [1.29, 1.82) is 0 Å². The molecule has 1 unspecified atom stereocenters. The van der Waals surface area contributed by atoms with Crippen LogP contribution < -0.4 is 5.32 Å². The Bertz CT molecular complexity index is 338. The van der Waals surface area contributed by atoms with Crippen LogP contribution in [0.15, 0.2) is 54.6 Å². The van der Waals surface area contributed by atoms with Gasteiger partial charge in [0.25, 0.3) is 0 Å². The molecule has 0 aromatic heterocycles. The van der Waals surface area contributed by atoms with E-state index in [9.17, 15) is 0 Å². The largest absolute Gasteiger partial charge is 0.381 e. The van der Waals surface area contributed by atoms with Crippen molar-refractivity contribution in [2.24, 2.45) is 5.92 Å². The third kappa shape index (κ3) is 3.93. The van der Waals surface area contributed by atoms with Crippen molar-refractivity contribution in [3.05, 3.63) is 54.6 Å². The third-order valence-corrected chi connectivity index (χ3v) is 2.85. The minimum Gasteiger partial charge on any atom is -0.381 e. The maximum atomic E-state index is 3.77. The molecule has 1 heteroatoms. The number of hydrogen-bond acceptors (Lipinski definition) is 1. The van der Waals surface area contributed by atoms with Crippen LogP contribution in [0.3, 0.4) is 0 Å². The average molecular weight is 215 g/mol. The van der Waals surface area contributed by atoms with Crippen molar-refractivity contribution in [2.75, 3.05) is 11.9 Å². The second-order valence-electron chi connectivity index (χ2n) is 4.01. The zero-order valence-electron chi connectivity index (χ0n) is 10.2. The van der Waals surface area contributed by atoms with E-state index in [2.05, 4.69) is 44.0 Å². The van der Waals surface area contributed by atoms with Crippen LogP contribution in [0.25, 0.3) is 0 Å². The van der Waals surface area contributed by atoms with Crippen molar-refractivity contribution >= 4 is 5.69 Å². The molecular formula is C15H21N. The number of rotatable bonds is 6. The molecule has 1 atom stereocenters. The zero-order valence-corrected chi connectivity index (χ0v) is 10.2. The standard InChI is InChI=1S/C15H21N/c1-4-9-14(13(3)5-2)12-16-15-10-7-6-8-11-15/h4,6-11,13,16H,1,5,12H2,2-3H3/b14-9-. The number of anilines is 1. The maximum Gasteiger partial charge on any atom is 0.0365 e. The first-order chi connectivity index (χ1) is 7.77. The van der Waals surface area contributed by atoms with E-state index in [1.54, 1.807) is 0 Å². The fraction of sp³-hybridized carbons (Fsp3) is 0.333. The fourth-order valence-electron chi connectivity index (χ4n) is 1.57. The lowest BCUT2D eigenvalue weighted by atomic mass is 9.98. The first-order valence-electron chi connectivity index (χ1n) is 5.88. The summed E-state index contributed by atoms with van der Waals surface area (Å²) in [7, 11) is 0. The molecule has 0 saturated carbocycles. The van der Waals surface area contributed by atoms with Crippen molar-refractivity contribution in [1.82, 2.24) is 0 Å². The Labute approximate surface area is 98.9 Å². The summed E-state index contributed by atoms with van der Waals surface area (Å²) in [5.41, 5.74) is 2.57. The molecule has 0 bridgehead atoms. The van der Waals surface area contributed by atoms with Crippen LogP contribution in [0.4, 0.5) is 5.69 Å². The first kappa shape index (κ1) is 12.6. The van der Waals surface area contributed by atoms with Gasteiger partial charge in [0.2, 0.25) is 0 Å². The predicted molar refractivity (Wildman–Crippen MR) is 72.7 cm³/mol. The van der Waals surface area contributed by atoms with Gasteiger partial charge in [-0.2, -0.15) is 0 Å². The Hall–Kier alpha value is -1.50. The molecular weight excluding hydrogens is 194 g/mol. The second kappa shape index (κ2) is 6.89. The van der Waals surface area contributed by atoms with Crippen LogP contribution >= 0.6 is 0 Å². The van der Waals surface area contributed by atoms with Gasteiger partial charge in [-0.3, -0.25) is 0 Å². The van der Waals surface area contributed by atoms with Gasteiger partial charge in [-0.25, -0.2) is 0 Å². The molecule has 0 fully saturated rings. The molecule has 0 amide bonds. The molecule has 1 nitrogen and oxygen atoms in total. The molecule has 1 N–H and O–H groups in total. The Balaban J connectivity index is 2.57. The Morgan fingerprint density at radius 3 is 2.62 bits per heavy atom. The van der Waals surface area contributed by atoms with Crippen LogP contribution in [-0.4, -0.2) is 6.54 Å². The lowest BCUT2D eigenvalue weighted by molar-refractivity contribution is 0.647. The molecule has 0 spiro atoms. The van der Waals surface area contributed by atoms with E-state index in [-0.39, 0.29) is 0 Å². The summed E-state index contributed by atoms with van der Waals surface area (Å²) in [5.74, 6) is 0.606. The molecule has 1 aromatic rings. The van der Waals surface area contributed by atoms with Gasteiger partial charge in [0, 0.05) is 12.2 Å². The van der Waals surface area contributed by atoms with Gasteiger partial charge in [-0.1, -0.05) is 50.8 Å². The molecule has 0 aliphatic heterocycles. The van der Waals surface area contributed by atoms with Gasteiger partial charge >= 0.3 is 0 Å². The van der Waals surface area contributed by atoms with E-state index in [1.807, 2.05) is 24.3 Å². The van der Waals surface area contributed by atoms with Gasteiger partial charge in [0.05, 0.1) is 0 Å². The van der Waals surface area contributed by atoms with Crippen LogP contribution in [-0.2, 0) is 0 Å². The van der Waals surface area contributed by atoms with Crippen molar-refractivity contribution < 1.29 is 0 Å². The number of benzene rings is 1. The summed E-state index contributed by atoms with van der Waals surface area (Å²) in [6, 6.07) is 10.3. The average Bonchev–Trinajstić information content (AvgIpc) is 2.34. The minimum atomic E-state index is 0.606. The number of hydrogen-bond donors (Lipinski definition) is 1. The van der Waals surface area contributed by atoms with Gasteiger partial charge < -0.3 is 5.32 Å². The molecule has 0 radical (unpaired) electrons. The normalized spacial score (nSPS) is 13.2. The Kier molecular flexibility index (Phi) is 5.41. The summed E-state index contributed by atoms with van der Waals surface area (Å²) < 4.78 is 0. The van der Waals surface area contributed by atoms with Gasteiger partial charge in [0.15, 0.2) is 0 Å². The lowest BCUT2D eigenvalue weighted by Gasteiger charge is -2.15. The summed E-state index contributed by atoms with van der Waals surface area (Å²) in [4.78, 5) is 0. The van der Waals surface area contributed by atoms with Crippen molar-refractivity contribution in [2.45, 2.75) is 20.3 Å². The second-order valence-corrected chi connectivity index (χ2v) is 4.01. The molecule has 1 rings (SSSR count). The molecule has 0 aliphatic rings. The van der Waals surface area contributed by atoms with Crippen molar-refractivity contribution in [3.63, 3.8) is 0 Å². The van der Waals surface area contributed by atoms with Crippen LogP contribution in [0, 0.1) is 5.92 Å². The van der Waals surface area contributed by atoms with Crippen molar-refractivity contribution in [3.8, 4) is 0 Å². The van der Waals surface area contributed by atoms with Gasteiger partial charge in [-0.05, 0) is 30.0 Å². The highest BCUT2D eigenvalue weighted by atomic mass is 14.9. The monoisotopic (exact) mass is 215 g/mol. The molecule has 86 valence electrons. The maximum absolute atomic E-state index is 3.77. The Morgan fingerprint density at radius 1 is 1.38 bits per heavy atom. The van der Waals surface area contributed by atoms with E-state index in [0.717, 1.165) is 13.0 Å². The topological polar surface area (TPSA) is 12.0 Å². The summed E-state index contributed by atoms with van der Waals surface area (Å²) in [5, 5.41) is 3.43. The molecule has 0 saturated heterocycles. The van der Waals surface area contributed by atoms with E-state index >= 15 is 0 Å². The highest BCUT2D eigenvalue weighted by molar-refractivity contribution is 5.44. The van der Waals surface area contributed by atoms with Crippen LogP contribution in [0.5, 0.6) is 0 Å². The predicted octanol–water partition coefficient (Wildman–Crippen LogP) is 4.26. The van der Waals surface area contributed by atoms with E-state index in [4.69, 9.17) is 0 Å². The third-order valence-electron chi connectivity index (χ3n) is 2.85. The van der Waals surface area contributed by atoms with E-state index in [1.165, 1.54) is 11.3 Å². The number of para-hydroxylation sites is 1. The van der Waals surface area contributed by atoms with Gasteiger partial charge in [0.1, 0.15) is 0 Å². The SMILES string of the molecule is C=C/C=C(/CNc1ccccc1)C(C)CC. The number of nitrogens with one attached hydrogen (secondary N) is 1. The molecule has 1 aromatic carbocycles. The van der Waals surface area contributed by atoms with E-state index < -0.39 is 0 Å². The molecule has 0 aliphatic carbocycles. The molecule has 0 heterocycles. The Morgan fingerprint density at radius 2 is 2.06 bits per heavy atom. The minimum absolute atomic E-state index is 0.606. The summed E-state index contributed by atoms with van der Waals surface area (Å²) in [6.07, 6.45) is 5.15. The van der Waals surface area contributed by atoms with E-state index in [0.29, 0.717) is 5.92 Å². The van der Waals surface area contributed by atoms with Crippen LogP contribution in [0.2, 0.25) is 0 Å². The zero-order chi connectivity index (χ0) is 11.8. The highest BCUT2D eigenvalue weighted by Crippen LogP contribution is 2.15. The lowest BCUT2D eigenvalue weighted by Crippen LogP contribution is -2.10. The first-order valence-corrected chi connectivity index (χ1v) is 5.88. The summed E-state index contributed by atoms with van der Waals surface area (Å²) >= 11 is 0. The highest BCUT2D eigenvalue weighted by Gasteiger charge is 2.05.